The molecule has 0 heterocycles. The van der Waals surface area contributed by atoms with Gasteiger partial charge in [-0.05, 0) is 18.8 Å². The minimum absolute atomic E-state index is 0.0841. The topological polar surface area (TPSA) is 75.3 Å². The summed E-state index contributed by atoms with van der Waals surface area (Å²) in [6.45, 7) is 4.43. The lowest BCUT2D eigenvalue weighted by atomic mass is 10.1. The van der Waals surface area contributed by atoms with Gasteiger partial charge < -0.3 is 15.4 Å². The van der Waals surface area contributed by atoms with Crippen molar-refractivity contribution in [3.63, 3.8) is 0 Å². The highest BCUT2D eigenvalue weighted by molar-refractivity contribution is 5.79. The van der Waals surface area contributed by atoms with E-state index in [1.54, 1.807) is 0 Å². The maximum Gasteiger partial charge on any atom is 0.220 e. The van der Waals surface area contributed by atoms with Gasteiger partial charge in [0.1, 0.15) is 6.29 Å². The summed E-state index contributed by atoms with van der Waals surface area (Å²) in [7, 11) is 0. The Morgan fingerprint density at radius 1 is 1.18 bits per heavy atom. The van der Waals surface area contributed by atoms with Gasteiger partial charge in [-0.3, -0.25) is 9.59 Å². The summed E-state index contributed by atoms with van der Waals surface area (Å²) in [5.41, 5.74) is 0. The molecule has 0 aromatic rings. The Balaban J connectivity index is 3.58. The van der Waals surface area contributed by atoms with Gasteiger partial charge in [0.05, 0.1) is 6.04 Å². The molecule has 0 saturated heterocycles. The van der Waals surface area contributed by atoms with Crippen LogP contribution < -0.4 is 10.6 Å². The Kier molecular flexibility index (Phi) is 9.01. The van der Waals surface area contributed by atoms with E-state index in [1.807, 2.05) is 13.8 Å². The standard InChI is InChI=1S/C12H22N2O3/c1-10(2)11(8-15)14-12(17)6-4-3-5-7-13-9-16/h8-11H,3-7H2,1-2H3,(H,13,16)(H,14,17). The van der Waals surface area contributed by atoms with Gasteiger partial charge in [0, 0.05) is 13.0 Å². The second-order valence-corrected chi connectivity index (χ2v) is 4.36. The lowest BCUT2D eigenvalue weighted by molar-refractivity contribution is -0.124. The monoisotopic (exact) mass is 242 g/mol. The molecule has 0 radical (unpaired) electrons. The minimum Gasteiger partial charge on any atom is -0.359 e. The average molecular weight is 242 g/mol. The summed E-state index contributed by atoms with van der Waals surface area (Å²) < 4.78 is 0. The highest BCUT2D eigenvalue weighted by atomic mass is 16.2. The molecule has 2 N–H and O–H groups in total. The smallest absolute Gasteiger partial charge is 0.220 e. The van der Waals surface area contributed by atoms with E-state index >= 15 is 0 Å². The predicted molar refractivity (Wildman–Crippen MR) is 65.4 cm³/mol. The molecule has 98 valence electrons. The maximum atomic E-state index is 11.5. The third-order valence-electron chi connectivity index (χ3n) is 2.50. The molecule has 1 atom stereocenters. The average Bonchev–Trinajstić information content (AvgIpc) is 2.30. The maximum absolute atomic E-state index is 11.5. The second kappa shape index (κ2) is 9.81. The first-order valence-corrected chi connectivity index (χ1v) is 6.03. The molecule has 0 aliphatic heterocycles. The summed E-state index contributed by atoms with van der Waals surface area (Å²) in [5, 5.41) is 5.25. The lowest BCUT2D eigenvalue weighted by Gasteiger charge is -2.15. The second-order valence-electron chi connectivity index (χ2n) is 4.36. The van der Waals surface area contributed by atoms with Crippen LogP contribution in [0.4, 0.5) is 0 Å². The SMILES string of the molecule is CC(C)C(C=O)NC(=O)CCCCCNC=O. The van der Waals surface area contributed by atoms with Crippen molar-refractivity contribution < 1.29 is 14.4 Å². The normalized spacial score (nSPS) is 11.9. The van der Waals surface area contributed by atoms with Crippen molar-refractivity contribution in [2.75, 3.05) is 6.54 Å². The zero-order valence-electron chi connectivity index (χ0n) is 10.6. The van der Waals surface area contributed by atoms with Gasteiger partial charge in [-0.25, -0.2) is 0 Å². The Hall–Kier alpha value is -1.39. The van der Waals surface area contributed by atoms with Crippen LogP contribution in [-0.2, 0) is 14.4 Å². The van der Waals surface area contributed by atoms with Crippen LogP contribution in [0.1, 0.15) is 39.5 Å². The van der Waals surface area contributed by atoms with E-state index in [9.17, 15) is 14.4 Å². The van der Waals surface area contributed by atoms with Crippen molar-refractivity contribution in [1.29, 1.82) is 0 Å². The van der Waals surface area contributed by atoms with Crippen LogP contribution in [0, 0.1) is 5.92 Å². The van der Waals surface area contributed by atoms with Gasteiger partial charge in [0.2, 0.25) is 12.3 Å². The molecule has 0 aromatic carbocycles. The number of carbonyl (C=O) groups excluding carboxylic acids is 3. The molecular weight excluding hydrogens is 220 g/mol. The number of rotatable bonds is 10. The third kappa shape index (κ3) is 8.42. The highest BCUT2D eigenvalue weighted by Crippen LogP contribution is 2.02. The van der Waals surface area contributed by atoms with E-state index in [1.165, 1.54) is 0 Å². The third-order valence-corrected chi connectivity index (χ3v) is 2.50. The van der Waals surface area contributed by atoms with Gasteiger partial charge in [0.25, 0.3) is 0 Å². The largest absolute Gasteiger partial charge is 0.359 e. The van der Waals surface area contributed by atoms with Crippen LogP contribution in [0.25, 0.3) is 0 Å². The van der Waals surface area contributed by atoms with Crippen LogP contribution in [0.5, 0.6) is 0 Å². The molecule has 0 fully saturated rings. The van der Waals surface area contributed by atoms with Gasteiger partial charge in [-0.1, -0.05) is 20.3 Å². The lowest BCUT2D eigenvalue weighted by Crippen LogP contribution is -2.39. The highest BCUT2D eigenvalue weighted by Gasteiger charge is 2.14. The summed E-state index contributed by atoms with van der Waals surface area (Å²) in [4.78, 5) is 32.1. The number of nitrogens with one attached hydrogen (secondary N) is 2. The fourth-order valence-electron chi connectivity index (χ4n) is 1.36. The fraction of sp³-hybridized carbons (Fsp3) is 0.750. The Labute approximate surface area is 102 Å². The Morgan fingerprint density at radius 2 is 1.88 bits per heavy atom. The van der Waals surface area contributed by atoms with Crippen molar-refractivity contribution >= 4 is 18.6 Å². The molecule has 0 saturated carbocycles. The number of hydrogen-bond donors (Lipinski definition) is 2. The van der Waals surface area contributed by atoms with Crippen LogP contribution in [0.3, 0.4) is 0 Å². The van der Waals surface area contributed by atoms with Gasteiger partial charge in [-0.2, -0.15) is 0 Å². The molecule has 0 rings (SSSR count). The zero-order valence-corrected chi connectivity index (χ0v) is 10.6. The van der Waals surface area contributed by atoms with Gasteiger partial charge >= 0.3 is 0 Å². The summed E-state index contributed by atoms with van der Waals surface area (Å²) >= 11 is 0. The van der Waals surface area contributed by atoms with E-state index < -0.39 is 0 Å². The van der Waals surface area contributed by atoms with Gasteiger partial charge in [-0.15, -0.1) is 0 Å². The van der Waals surface area contributed by atoms with E-state index in [0.29, 0.717) is 19.4 Å². The van der Waals surface area contributed by atoms with E-state index in [0.717, 1.165) is 25.5 Å². The Bertz CT molecular complexity index is 242. The van der Waals surface area contributed by atoms with Crippen molar-refractivity contribution in [2.24, 2.45) is 5.92 Å². The molecule has 17 heavy (non-hydrogen) atoms. The number of aldehydes is 1. The number of carbonyl (C=O) groups is 3. The predicted octanol–water partition coefficient (Wildman–Crippen LogP) is 0.632. The minimum atomic E-state index is -0.390. The van der Waals surface area contributed by atoms with Crippen molar-refractivity contribution in [3.8, 4) is 0 Å². The van der Waals surface area contributed by atoms with E-state index in [2.05, 4.69) is 10.6 Å². The van der Waals surface area contributed by atoms with Crippen LogP contribution in [-0.4, -0.2) is 31.2 Å². The summed E-state index contributed by atoms with van der Waals surface area (Å²) in [6.07, 6.45) is 4.41. The van der Waals surface area contributed by atoms with Crippen molar-refractivity contribution in [2.45, 2.75) is 45.6 Å². The van der Waals surface area contributed by atoms with Gasteiger partial charge in [0.15, 0.2) is 0 Å². The molecule has 0 spiro atoms. The fourth-order valence-corrected chi connectivity index (χ4v) is 1.36. The molecule has 1 unspecified atom stereocenters. The first kappa shape index (κ1) is 15.6. The first-order valence-electron chi connectivity index (χ1n) is 6.03. The van der Waals surface area contributed by atoms with Crippen molar-refractivity contribution in [1.82, 2.24) is 10.6 Å². The van der Waals surface area contributed by atoms with Crippen LogP contribution >= 0.6 is 0 Å². The molecule has 5 heteroatoms. The number of amides is 2. The summed E-state index contributed by atoms with van der Waals surface area (Å²) in [6, 6.07) is -0.390. The molecule has 0 aliphatic carbocycles. The van der Waals surface area contributed by atoms with E-state index in [4.69, 9.17) is 0 Å². The molecule has 5 nitrogen and oxygen atoms in total. The molecule has 0 bridgehead atoms. The Morgan fingerprint density at radius 3 is 2.41 bits per heavy atom. The van der Waals surface area contributed by atoms with Crippen LogP contribution in [0.2, 0.25) is 0 Å². The molecule has 2 amide bonds. The quantitative estimate of drug-likeness (QED) is 0.436. The number of unbranched alkanes of at least 4 members (excludes halogenated alkanes) is 2. The van der Waals surface area contributed by atoms with Crippen molar-refractivity contribution in [3.05, 3.63) is 0 Å². The zero-order chi connectivity index (χ0) is 13.1. The first-order chi connectivity index (χ1) is 8.11. The molecular formula is C12H22N2O3. The number of hydrogen-bond acceptors (Lipinski definition) is 3. The van der Waals surface area contributed by atoms with E-state index in [-0.39, 0.29) is 17.9 Å². The molecule has 0 aliphatic rings. The van der Waals surface area contributed by atoms with Crippen LogP contribution in [0.15, 0.2) is 0 Å². The summed E-state index contributed by atoms with van der Waals surface area (Å²) in [5.74, 6) is 0.0346. The molecule has 0 aromatic heterocycles.